The predicted molar refractivity (Wildman–Crippen MR) is 401 cm³/mol. The van der Waals surface area contributed by atoms with Gasteiger partial charge in [-0.05, 0) is 103 Å². The van der Waals surface area contributed by atoms with E-state index < -0.39 is 24.3 Å². The van der Waals surface area contributed by atoms with Crippen molar-refractivity contribution in [2.24, 2.45) is 0 Å². The van der Waals surface area contributed by atoms with Crippen molar-refractivity contribution < 1.29 is 42.9 Å². The number of nitrogens with zero attached hydrogens (tertiary/aromatic N) is 1. The molecule has 2 unspecified atom stereocenters. The van der Waals surface area contributed by atoms with Crippen LogP contribution in [-0.2, 0) is 33.3 Å². The molecular formula is C84H146NO8+. The fourth-order valence-corrected chi connectivity index (χ4v) is 10.9. The van der Waals surface area contributed by atoms with E-state index in [1.54, 1.807) is 0 Å². The normalized spacial score (nSPS) is 13.3. The Morgan fingerprint density at radius 3 is 0.860 bits per heavy atom. The summed E-state index contributed by atoms with van der Waals surface area (Å²) >= 11 is 0. The topological polar surface area (TPSA) is 108 Å². The average Bonchev–Trinajstić information content (AvgIpc) is 3.38. The molecule has 9 nitrogen and oxygen atoms in total. The molecule has 0 saturated carbocycles. The lowest BCUT2D eigenvalue weighted by Crippen LogP contribution is -2.40. The zero-order valence-electron chi connectivity index (χ0n) is 61.1. The Labute approximate surface area is 574 Å². The molecule has 0 fully saturated rings. The van der Waals surface area contributed by atoms with Crippen molar-refractivity contribution in [2.45, 2.75) is 347 Å². The van der Waals surface area contributed by atoms with Crippen LogP contribution in [0.3, 0.4) is 0 Å². The number of hydrogen-bond acceptors (Lipinski definition) is 7. The van der Waals surface area contributed by atoms with Gasteiger partial charge < -0.3 is 28.5 Å². The number of ether oxygens (including phenoxy) is 4. The summed E-state index contributed by atoms with van der Waals surface area (Å²) in [4.78, 5) is 37.7. The standard InChI is InChI=1S/C84H145NO8/c1-6-8-10-12-14-16-18-20-22-24-26-28-30-32-34-35-36-37-38-39-40-41-42-43-44-45-46-47-49-50-52-54-56-58-60-62-64-66-68-70-72-74-81(86)91-78-80(79-92-84(83(88)89)90-77-76-85(3,4)5)93-82(87)75-73-71-69-67-65-63-61-59-57-55-53-51-48-33-31-29-27-25-23-21-19-17-15-13-11-9-7-2/h8-11,14-17,20-23,26-29,33,48,53,55,80,84H,6-7,12-13,18-19,24-25,30-32,34-47,49-52,54,56-79H2,1-5H3/p+1/b10-8-,11-9-,16-14-,17-15-,22-20-,23-21-,28-26-,29-27-,48-33-,55-53-. The predicted octanol–water partition coefficient (Wildman–Crippen LogP) is 24.7. The Morgan fingerprint density at radius 1 is 0.323 bits per heavy atom. The van der Waals surface area contributed by atoms with Crippen molar-refractivity contribution in [2.75, 3.05) is 47.5 Å². The van der Waals surface area contributed by atoms with Crippen molar-refractivity contribution in [3.63, 3.8) is 0 Å². The number of carbonyl (C=O) groups excluding carboxylic acids is 2. The van der Waals surface area contributed by atoms with E-state index >= 15 is 0 Å². The lowest BCUT2D eigenvalue weighted by molar-refractivity contribution is -0.870. The number of unbranched alkanes of at least 4 members (excludes halogenated alkanes) is 36. The van der Waals surface area contributed by atoms with Gasteiger partial charge in [0, 0.05) is 12.8 Å². The molecule has 0 aromatic carbocycles. The molecule has 0 bridgehead atoms. The second-order valence-electron chi connectivity index (χ2n) is 26.9. The summed E-state index contributed by atoms with van der Waals surface area (Å²) in [6, 6.07) is 0. The molecule has 93 heavy (non-hydrogen) atoms. The van der Waals surface area contributed by atoms with E-state index in [0.717, 1.165) is 109 Å². The monoisotopic (exact) mass is 1300 g/mol. The van der Waals surface area contributed by atoms with Crippen LogP contribution < -0.4 is 0 Å². The molecule has 0 radical (unpaired) electrons. The van der Waals surface area contributed by atoms with Gasteiger partial charge in [0.05, 0.1) is 34.4 Å². The summed E-state index contributed by atoms with van der Waals surface area (Å²) < 4.78 is 23.0. The van der Waals surface area contributed by atoms with Gasteiger partial charge >= 0.3 is 17.9 Å². The third-order valence-corrected chi connectivity index (χ3v) is 16.7. The first-order valence-electron chi connectivity index (χ1n) is 38.7. The number of quaternary nitrogens is 1. The number of carboxylic acid groups (broad SMARTS) is 1. The van der Waals surface area contributed by atoms with Crippen LogP contribution in [0, 0.1) is 0 Å². The van der Waals surface area contributed by atoms with Gasteiger partial charge in [0.15, 0.2) is 6.10 Å². The van der Waals surface area contributed by atoms with E-state index in [2.05, 4.69) is 135 Å². The number of aliphatic carboxylic acids is 1. The maximum Gasteiger partial charge on any atom is 0.361 e. The molecule has 9 heteroatoms. The van der Waals surface area contributed by atoms with Crippen LogP contribution in [0.4, 0.5) is 0 Å². The number of esters is 2. The third kappa shape index (κ3) is 74.9. The van der Waals surface area contributed by atoms with E-state index in [9.17, 15) is 19.5 Å². The van der Waals surface area contributed by atoms with E-state index in [4.69, 9.17) is 18.9 Å². The summed E-state index contributed by atoms with van der Waals surface area (Å²) in [5.74, 6) is -2.01. The summed E-state index contributed by atoms with van der Waals surface area (Å²) in [5, 5.41) is 9.76. The van der Waals surface area contributed by atoms with Crippen LogP contribution in [0.2, 0.25) is 0 Å². The second kappa shape index (κ2) is 73.5. The molecular weight excluding hydrogens is 1150 g/mol. The highest BCUT2D eigenvalue weighted by molar-refractivity contribution is 5.71. The maximum atomic E-state index is 13.0. The molecule has 0 spiro atoms. The first-order valence-corrected chi connectivity index (χ1v) is 38.7. The van der Waals surface area contributed by atoms with Crippen molar-refractivity contribution in [3.8, 4) is 0 Å². The highest BCUT2D eigenvalue weighted by Crippen LogP contribution is 2.19. The maximum absolute atomic E-state index is 13.0. The lowest BCUT2D eigenvalue weighted by atomic mass is 10.0. The quantitative estimate of drug-likeness (QED) is 0.0211. The third-order valence-electron chi connectivity index (χ3n) is 16.7. The number of carboxylic acids is 1. The second-order valence-corrected chi connectivity index (χ2v) is 26.9. The summed E-state index contributed by atoms with van der Waals surface area (Å²) in [7, 11) is 5.98. The molecule has 2 atom stereocenters. The average molecular weight is 1300 g/mol. The minimum absolute atomic E-state index is 0.183. The highest BCUT2D eigenvalue weighted by atomic mass is 16.7. The van der Waals surface area contributed by atoms with Crippen LogP contribution in [0.1, 0.15) is 335 Å². The van der Waals surface area contributed by atoms with Gasteiger partial charge in [0.1, 0.15) is 13.2 Å². The number of carbonyl (C=O) groups is 3. The first-order chi connectivity index (χ1) is 45.6. The minimum atomic E-state index is -1.52. The van der Waals surface area contributed by atoms with Crippen LogP contribution in [0.25, 0.3) is 0 Å². The molecule has 0 aliphatic carbocycles. The van der Waals surface area contributed by atoms with Gasteiger partial charge in [-0.15, -0.1) is 0 Å². The molecule has 0 aromatic heterocycles. The van der Waals surface area contributed by atoms with Crippen LogP contribution in [0.5, 0.6) is 0 Å². The fraction of sp³-hybridized carbons (Fsp3) is 0.726. The van der Waals surface area contributed by atoms with E-state index in [1.807, 2.05) is 21.1 Å². The molecule has 0 aliphatic rings. The minimum Gasteiger partial charge on any atom is -0.477 e. The number of rotatable bonds is 71. The van der Waals surface area contributed by atoms with E-state index in [-0.39, 0.29) is 32.2 Å². The van der Waals surface area contributed by atoms with Crippen molar-refractivity contribution in [3.05, 3.63) is 122 Å². The fourth-order valence-electron chi connectivity index (χ4n) is 10.9. The number of likely N-dealkylation sites (N-methyl/N-ethyl adjacent to an activating group) is 1. The van der Waals surface area contributed by atoms with Crippen LogP contribution in [0.15, 0.2) is 122 Å². The molecule has 0 aromatic rings. The Balaban J connectivity index is 3.99. The summed E-state index contributed by atoms with van der Waals surface area (Å²) in [5.41, 5.74) is 0. The SMILES string of the molecule is CC/C=C\C/C=C\C/C=C\C/C=C\C/C=C\C/C=C\CCCCCCCCCCC(=O)OC(COC(=O)CCCCCCCCCCCCCCCCCCCCCCCCCCCCCC/C=C\C/C=C\C/C=C\C/C=C\CC)COC(OCC[N+](C)(C)C)C(=O)O. The van der Waals surface area contributed by atoms with Crippen molar-refractivity contribution in [1.82, 2.24) is 0 Å². The van der Waals surface area contributed by atoms with E-state index in [1.165, 1.54) is 193 Å². The van der Waals surface area contributed by atoms with E-state index in [0.29, 0.717) is 23.9 Å². The van der Waals surface area contributed by atoms with Crippen molar-refractivity contribution in [1.29, 1.82) is 0 Å². The van der Waals surface area contributed by atoms with Gasteiger partial charge in [0.25, 0.3) is 6.29 Å². The van der Waals surface area contributed by atoms with Crippen LogP contribution in [-0.4, -0.2) is 87.4 Å². The lowest BCUT2D eigenvalue weighted by Gasteiger charge is -2.25. The van der Waals surface area contributed by atoms with Crippen molar-refractivity contribution >= 4 is 17.9 Å². The van der Waals surface area contributed by atoms with Gasteiger partial charge in [0.2, 0.25) is 0 Å². The van der Waals surface area contributed by atoms with Crippen LogP contribution >= 0.6 is 0 Å². The zero-order valence-corrected chi connectivity index (χ0v) is 61.1. The summed E-state index contributed by atoms with van der Waals surface area (Å²) in [6.07, 6.45) is 102. The summed E-state index contributed by atoms with van der Waals surface area (Å²) in [6.45, 7) is 4.67. The van der Waals surface area contributed by atoms with Gasteiger partial charge in [-0.1, -0.05) is 341 Å². The Bertz CT molecular complexity index is 1950. The van der Waals surface area contributed by atoms with Gasteiger partial charge in [-0.2, -0.15) is 0 Å². The number of allylic oxidation sites excluding steroid dienone is 20. The molecule has 1 N–H and O–H groups in total. The Morgan fingerprint density at radius 2 is 0.581 bits per heavy atom. The Hall–Kier alpha value is -4.31. The molecule has 0 saturated heterocycles. The number of hydrogen-bond donors (Lipinski definition) is 1. The highest BCUT2D eigenvalue weighted by Gasteiger charge is 2.25. The van der Waals surface area contributed by atoms with Gasteiger partial charge in [-0.25, -0.2) is 4.79 Å². The van der Waals surface area contributed by atoms with Gasteiger partial charge in [-0.3, -0.25) is 9.59 Å². The first kappa shape index (κ1) is 88.7. The molecule has 0 amide bonds. The Kier molecular flexibility index (Phi) is 70.1. The molecule has 534 valence electrons. The molecule has 0 rings (SSSR count). The zero-order chi connectivity index (χ0) is 67.5. The molecule has 0 aliphatic heterocycles. The smallest absolute Gasteiger partial charge is 0.361 e. The molecule has 0 heterocycles. The largest absolute Gasteiger partial charge is 0.477 e.